The zero-order chi connectivity index (χ0) is 17.2. The molecule has 0 bridgehead atoms. The molecule has 0 radical (unpaired) electrons. The topological polar surface area (TPSA) is 75.1 Å². The number of carbonyl (C=O) groups excluding carboxylic acids is 1. The number of fused-ring (bicyclic) bond motifs is 3. The van der Waals surface area contributed by atoms with Crippen LogP contribution in [0.3, 0.4) is 0 Å². The summed E-state index contributed by atoms with van der Waals surface area (Å²) >= 11 is 2.99. The number of hydrogen-bond donors (Lipinski definition) is 2. The van der Waals surface area contributed by atoms with Crippen molar-refractivity contribution in [2.75, 3.05) is 17.3 Å². The van der Waals surface area contributed by atoms with Crippen molar-refractivity contribution in [1.82, 2.24) is 19.6 Å². The Hall–Kier alpha value is -2.45. The fourth-order valence-electron chi connectivity index (χ4n) is 2.60. The molecule has 0 aliphatic heterocycles. The van der Waals surface area contributed by atoms with Gasteiger partial charge in [0.1, 0.15) is 0 Å². The van der Waals surface area contributed by atoms with Gasteiger partial charge in [-0.05, 0) is 30.5 Å². The Morgan fingerprint density at radius 1 is 1.20 bits per heavy atom. The molecule has 0 aliphatic carbocycles. The third kappa shape index (κ3) is 3.10. The monoisotopic (exact) mass is 369 g/mol. The zero-order valence-corrected chi connectivity index (χ0v) is 15.0. The second-order valence-corrected chi connectivity index (χ2v) is 7.09. The van der Waals surface area contributed by atoms with Crippen molar-refractivity contribution in [2.24, 2.45) is 0 Å². The smallest absolute Gasteiger partial charge is 0.234 e. The lowest BCUT2D eigenvalue weighted by Gasteiger charge is -2.08. The number of aromatic amines is 1. The van der Waals surface area contributed by atoms with Crippen molar-refractivity contribution in [2.45, 2.75) is 10.1 Å². The molecule has 8 heteroatoms. The van der Waals surface area contributed by atoms with Crippen LogP contribution in [0.4, 0.5) is 5.69 Å². The van der Waals surface area contributed by atoms with Crippen LogP contribution in [0, 0.1) is 0 Å². The molecule has 2 aromatic carbocycles. The van der Waals surface area contributed by atoms with E-state index in [0.717, 1.165) is 26.8 Å². The first kappa shape index (κ1) is 16.0. The van der Waals surface area contributed by atoms with Crippen LogP contribution >= 0.6 is 23.5 Å². The maximum absolute atomic E-state index is 12.3. The van der Waals surface area contributed by atoms with Gasteiger partial charge in [0.25, 0.3) is 0 Å². The van der Waals surface area contributed by atoms with E-state index >= 15 is 0 Å². The third-order valence-corrected chi connectivity index (χ3v) is 5.45. The van der Waals surface area contributed by atoms with Gasteiger partial charge in [-0.15, -0.1) is 16.9 Å². The molecule has 0 aliphatic rings. The van der Waals surface area contributed by atoms with Crippen molar-refractivity contribution < 1.29 is 4.79 Å². The van der Waals surface area contributed by atoms with E-state index in [2.05, 4.69) is 20.5 Å². The first-order chi connectivity index (χ1) is 12.3. The minimum absolute atomic E-state index is 0.0629. The average Bonchev–Trinajstić information content (AvgIpc) is 3.19. The molecule has 2 N–H and O–H groups in total. The fourth-order valence-corrected chi connectivity index (χ4v) is 3.91. The number of nitrogens with one attached hydrogen (secondary N) is 2. The van der Waals surface area contributed by atoms with E-state index in [4.69, 9.17) is 0 Å². The lowest BCUT2D eigenvalue weighted by atomic mass is 10.3. The summed E-state index contributed by atoms with van der Waals surface area (Å²) in [5.41, 5.74) is 2.71. The van der Waals surface area contributed by atoms with Gasteiger partial charge in [-0.25, -0.2) is 10.1 Å². The summed E-state index contributed by atoms with van der Waals surface area (Å²) in [6, 6.07) is 15.6. The van der Waals surface area contributed by atoms with Crippen LogP contribution in [0.25, 0.3) is 16.8 Å². The van der Waals surface area contributed by atoms with Gasteiger partial charge in [0, 0.05) is 4.90 Å². The number of para-hydroxylation sites is 3. The van der Waals surface area contributed by atoms with Crippen molar-refractivity contribution in [3.8, 4) is 0 Å². The lowest BCUT2D eigenvalue weighted by Crippen LogP contribution is -2.14. The highest BCUT2D eigenvalue weighted by Crippen LogP contribution is 2.26. The Bertz CT molecular complexity index is 1060. The van der Waals surface area contributed by atoms with E-state index in [-0.39, 0.29) is 11.7 Å². The lowest BCUT2D eigenvalue weighted by molar-refractivity contribution is -0.113. The Morgan fingerprint density at radius 3 is 2.88 bits per heavy atom. The van der Waals surface area contributed by atoms with Crippen LogP contribution in [-0.2, 0) is 4.79 Å². The van der Waals surface area contributed by atoms with E-state index in [1.165, 1.54) is 11.8 Å². The second kappa shape index (κ2) is 6.81. The minimum Gasteiger partial charge on any atom is -0.324 e. The number of anilines is 1. The number of nitrogens with zero attached hydrogens (tertiary/aromatic N) is 3. The van der Waals surface area contributed by atoms with Gasteiger partial charge in [0.15, 0.2) is 5.16 Å². The molecule has 2 heterocycles. The highest BCUT2D eigenvalue weighted by molar-refractivity contribution is 7.99. The molecule has 0 unspecified atom stereocenters. The van der Waals surface area contributed by atoms with Crippen LogP contribution in [-0.4, -0.2) is 37.5 Å². The number of aromatic nitrogens is 4. The van der Waals surface area contributed by atoms with Crippen molar-refractivity contribution in [3.63, 3.8) is 0 Å². The zero-order valence-electron chi connectivity index (χ0n) is 13.4. The van der Waals surface area contributed by atoms with Crippen molar-refractivity contribution >= 4 is 51.9 Å². The molecule has 25 heavy (non-hydrogen) atoms. The minimum atomic E-state index is -0.0629. The van der Waals surface area contributed by atoms with Gasteiger partial charge in [0.05, 0.1) is 22.5 Å². The highest BCUT2D eigenvalue weighted by atomic mass is 32.2. The molecule has 4 rings (SSSR count). The van der Waals surface area contributed by atoms with E-state index < -0.39 is 0 Å². The summed E-state index contributed by atoms with van der Waals surface area (Å²) in [6.45, 7) is 0. The Balaban J connectivity index is 1.51. The number of benzene rings is 2. The fraction of sp³-hybridized carbons (Fsp3) is 0.118. The quantitative estimate of drug-likeness (QED) is 0.525. The molecular weight excluding hydrogens is 354 g/mol. The largest absolute Gasteiger partial charge is 0.324 e. The summed E-state index contributed by atoms with van der Waals surface area (Å²) in [4.78, 5) is 17.8. The summed E-state index contributed by atoms with van der Waals surface area (Å²) in [5.74, 6) is 0.888. The maximum atomic E-state index is 12.3. The standard InChI is InChI=1S/C17H15N5OS2/c1-24-14-9-5-3-7-12(14)18-15(23)10-25-17-21-20-16-19-11-6-2-4-8-13(11)22(16)17/h2-9H,10H2,1H3,(H,18,23)(H,19,20). The number of thioether (sulfide) groups is 2. The third-order valence-electron chi connectivity index (χ3n) is 3.72. The molecule has 4 aromatic rings. The van der Waals surface area contributed by atoms with Crippen molar-refractivity contribution in [3.05, 3.63) is 48.5 Å². The molecule has 2 aromatic heterocycles. The number of hydrogen-bond acceptors (Lipinski definition) is 5. The molecule has 6 nitrogen and oxygen atoms in total. The number of amides is 1. The second-order valence-electron chi connectivity index (χ2n) is 5.30. The Labute approximate surface area is 152 Å². The molecule has 1 amide bonds. The predicted molar refractivity (Wildman–Crippen MR) is 102 cm³/mol. The van der Waals surface area contributed by atoms with Gasteiger partial charge in [-0.3, -0.25) is 9.20 Å². The van der Waals surface area contributed by atoms with Crippen LogP contribution in [0.2, 0.25) is 0 Å². The van der Waals surface area contributed by atoms with Gasteiger partial charge < -0.3 is 5.32 Å². The summed E-state index contributed by atoms with van der Waals surface area (Å²) in [6.07, 6.45) is 1.99. The number of carbonyl (C=O) groups is 1. The number of rotatable bonds is 5. The summed E-state index contributed by atoms with van der Waals surface area (Å²) < 4.78 is 1.93. The molecule has 0 fully saturated rings. The molecule has 0 saturated carbocycles. The Morgan fingerprint density at radius 2 is 2.00 bits per heavy atom. The van der Waals surface area contributed by atoms with Crippen LogP contribution < -0.4 is 5.32 Å². The molecule has 126 valence electrons. The highest BCUT2D eigenvalue weighted by Gasteiger charge is 2.14. The van der Waals surface area contributed by atoms with Gasteiger partial charge >= 0.3 is 0 Å². The molecule has 0 saturated heterocycles. The van der Waals surface area contributed by atoms with Crippen LogP contribution in [0.1, 0.15) is 0 Å². The summed E-state index contributed by atoms with van der Waals surface area (Å²) in [7, 11) is 0. The van der Waals surface area contributed by atoms with E-state index in [1.54, 1.807) is 11.8 Å². The average molecular weight is 369 g/mol. The number of imidazole rings is 1. The van der Waals surface area contributed by atoms with E-state index in [9.17, 15) is 4.79 Å². The van der Waals surface area contributed by atoms with Gasteiger partial charge in [-0.1, -0.05) is 36.0 Å². The normalized spacial score (nSPS) is 11.2. The Kier molecular flexibility index (Phi) is 4.37. The first-order valence-corrected chi connectivity index (χ1v) is 9.84. The van der Waals surface area contributed by atoms with Crippen LogP contribution in [0.5, 0.6) is 0 Å². The first-order valence-electron chi connectivity index (χ1n) is 7.63. The maximum Gasteiger partial charge on any atom is 0.234 e. The molecular formula is C17H15N5OS2. The predicted octanol–water partition coefficient (Wildman–Crippen LogP) is 3.66. The van der Waals surface area contributed by atoms with E-state index in [1.807, 2.05) is 59.2 Å². The number of H-pyrrole nitrogens is 1. The summed E-state index contributed by atoms with van der Waals surface area (Å²) in [5, 5.41) is 10.9. The van der Waals surface area contributed by atoms with Crippen molar-refractivity contribution in [1.29, 1.82) is 0 Å². The van der Waals surface area contributed by atoms with E-state index in [0.29, 0.717) is 5.78 Å². The van der Waals surface area contributed by atoms with Crippen LogP contribution in [0.15, 0.2) is 58.6 Å². The molecule has 0 spiro atoms. The molecule has 0 atom stereocenters. The SMILES string of the molecule is CSc1ccccc1NC(=O)CSc1n[nH]c2nc3ccccc3n12. The van der Waals surface area contributed by atoms with Gasteiger partial charge in [-0.2, -0.15) is 0 Å². The van der Waals surface area contributed by atoms with Gasteiger partial charge in [0.2, 0.25) is 11.7 Å².